The van der Waals surface area contributed by atoms with Gasteiger partial charge in [0.05, 0.1) is 5.69 Å². The molecule has 0 bridgehead atoms. The van der Waals surface area contributed by atoms with Gasteiger partial charge in [0.2, 0.25) is 5.91 Å². The average molecular weight is 462 g/mol. The zero-order chi connectivity index (χ0) is 20.8. The molecule has 29 heavy (non-hydrogen) atoms. The van der Waals surface area contributed by atoms with Gasteiger partial charge < -0.3 is 5.32 Å². The smallest absolute Gasteiger partial charge is 0.255 e. The van der Waals surface area contributed by atoms with Crippen molar-refractivity contribution in [1.82, 2.24) is 5.01 Å². The molecule has 0 saturated carbocycles. The van der Waals surface area contributed by atoms with Crippen molar-refractivity contribution in [2.45, 2.75) is 32.6 Å². The standard InChI is InChI=1S/C22H25BrFN3O2/c1-2-3-4-5-14-26-15-20(21(28)25-18-10-8-17(24)9-11-18)22(29)27(26)19-12-6-16(23)7-13-19/h6-13,20H,2-5,14-15H2,1H3,(H,25,28). The molecular formula is C22H25BrFN3O2. The fourth-order valence-corrected chi connectivity index (χ4v) is 3.66. The third-order valence-electron chi connectivity index (χ3n) is 4.95. The Morgan fingerprint density at radius 1 is 1.10 bits per heavy atom. The van der Waals surface area contributed by atoms with Crippen LogP contribution in [-0.2, 0) is 9.59 Å². The molecule has 2 aromatic rings. The number of nitrogens with zero attached hydrogens (tertiary/aromatic N) is 2. The van der Waals surface area contributed by atoms with Crippen LogP contribution in [0.5, 0.6) is 0 Å². The van der Waals surface area contributed by atoms with E-state index in [1.54, 1.807) is 5.01 Å². The molecule has 5 nitrogen and oxygen atoms in total. The van der Waals surface area contributed by atoms with Crippen molar-refractivity contribution in [2.24, 2.45) is 5.92 Å². The second-order valence-corrected chi connectivity index (χ2v) is 8.06. The SMILES string of the molecule is CCCCCCN1CC(C(=O)Nc2ccc(F)cc2)C(=O)N1c1ccc(Br)cc1. The Kier molecular flexibility index (Phi) is 7.39. The topological polar surface area (TPSA) is 52.7 Å². The lowest BCUT2D eigenvalue weighted by atomic mass is 10.1. The normalized spacial score (nSPS) is 17.0. The summed E-state index contributed by atoms with van der Waals surface area (Å²) in [6.07, 6.45) is 4.33. The van der Waals surface area contributed by atoms with Crippen molar-refractivity contribution in [1.29, 1.82) is 0 Å². The molecule has 2 amide bonds. The van der Waals surface area contributed by atoms with Gasteiger partial charge in [-0.2, -0.15) is 0 Å². The van der Waals surface area contributed by atoms with Gasteiger partial charge in [-0.05, 0) is 55.0 Å². The number of amides is 2. The van der Waals surface area contributed by atoms with E-state index in [4.69, 9.17) is 0 Å². The molecule has 1 fully saturated rings. The molecule has 1 aliphatic rings. The third-order valence-corrected chi connectivity index (χ3v) is 5.48. The molecule has 1 saturated heterocycles. The number of halogens is 2. The maximum Gasteiger partial charge on any atom is 0.255 e. The van der Waals surface area contributed by atoms with Crippen LogP contribution in [0.1, 0.15) is 32.6 Å². The van der Waals surface area contributed by atoms with Crippen molar-refractivity contribution in [3.05, 3.63) is 58.8 Å². The summed E-state index contributed by atoms with van der Waals surface area (Å²) in [6.45, 7) is 3.19. The number of benzene rings is 2. The van der Waals surface area contributed by atoms with Gasteiger partial charge in [0.25, 0.3) is 5.91 Å². The van der Waals surface area contributed by atoms with Crippen LogP contribution in [0.4, 0.5) is 15.8 Å². The van der Waals surface area contributed by atoms with Gasteiger partial charge in [0, 0.05) is 23.2 Å². The van der Waals surface area contributed by atoms with Gasteiger partial charge in [-0.1, -0.05) is 42.1 Å². The number of rotatable bonds is 8. The lowest BCUT2D eigenvalue weighted by molar-refractivity contribution is -0.128. The number of anilines is 2. The van der Waals surface area contributed by atoms with Crippen LogP contribution in [0.15, 0.2) is 53.0 Å². The molecule has 2 aromatic carbocycles. The molecule has 0 aromatic heterocycles. The molecule has 0 spiro atoms. The maximum absolute atomic E-state index is 13.1. The molecule has 0 radical (unpaired) electrons. The highest BCUT2D eigenvalue weighted by Crippen LogP contribution is 2.28. The van der Waals surface area contributed by atoms with Gasteiger partial charge >= 0.3 is 0 Å². The van der Waals surface area contributed by atoms with Crippen LogP contribution < -0.4 is 10.3 Å². The first-order valence-corrected chi connectivity index (χ1v) is 10.7. The quantitative estimate of drug-likeness (QED) is 0.445. The van der Waals surface area contributed by atoms with Crippen LogP contribution >= 0.6 is 15.9 Å². The Bertz CT molecular complexity index is 842. The predicted molar refractivity (Wildman–Crippen MR) is 116 cm³/mol. The second kappa shape index (κ2) is 9.98. The lowest BCUT2D eigenvalue weighted by Crippen LogP contribution is -2.40. The summed E-state index contributed by atoms with van der Waals surface area (Å²) >= 11 is 3.41. The molecule has 1 heterocycles. The summed E-state index contributed by atoms with van der Waals surface area (Å²) in [7, 11) is 0. The number of hydrazine groups is 1. The summed E-state index contributed by atoms with van der Waals surface area (Å²) in [5, 5.41) is 6.31. The minimum Gasteiger partial charge on any atom is -0.325 e. The number of hydrogen-bond acceptors (Lipinski definition) is 3. The molecule has 1 unspecified atom stereocenters. The Morgan fingerprint density at radius 3 is 2.45 bits per heavy atom. The highest BCUT2D eigenvalue weighted by atomic mass is 79.9. The van der Waals surface area contributed by atoms with Crippen LogP contribution in [-0.4, -0.2) is 29.9 Å². The second-order valence-electron chi connectivity index (χ2n) is 7.15. The minimum atomic E-state index is -0.810. The van der Waals surface area contributed by atoms with Crippen LogP contribution in [0.25, 0.3) is 0 Å². The highest BCUT2D eigenvalue weighted by molar-refractivity contribution is 9.10. The van der Waals surface area contributed by atoms with E-state index >= 15 is 0 Å². The van der Waals surface area contributed by atoms with Gasteiger partial charge in [-0.15, -0.1) is 0 Å². The van der Waals surface area contributed by atoms with Gasteiger partial charge in [-0.25, -0.2) is 14.4 Å². The molecule has 1 aliphatic heterocycles. The first kappa shape index (κ1) is 21.5. The Balaban J connectivity index is 1.75. The molecule has 1 N–H and O–H groups in total. The molecule has 3 rings (SSSR count). The van der Waals surface area contributed by atoms with E-state index in [1.807, 2.05) is 29.3 Å². The number of nitrogens with one attached hydrogen (secondary N) is 1. The number of carbonyl (C=O) groups excluding carboxylic acids is 2. The first-order chi connectivity index (χ1) is 14.0. The molecular weight excluding hydrogens is 437 g/mol. The van der Waals surface area contributed by atoms with E-state index in [2.05, 4.69) is 28.2 Å². The van der Waals surface area contributed by atoms with E-state index in [0.29, 0.717) is 18.8 Å². The van der Waals surface area contributed by atoms with E-state index in [1.165, 1.54) is 24.3 Å². The summed E-state index contributed by atoms with van der Waals surface area (Å²) in [5.74, 6) is -1.81. The fourth-order valence-electron chi connectivity index (χ4n) is 3.40. The van der Waals surface area contributed by atoms with Crippen LogP contribution in [0.3, 0.4) is 0 Å². The lowest BCUT2D eigenvalue weighted by Gasteiger charge is -2.27. The zero-order valence-electron chi connectivity index (χ0n) is 16.4. The number of unbranched alkanes of at least 4 members (excludes halogenated alkanes) is 3. The predicted octanol–water partition coefficient (Wildman–Crippen LogP) is 4.99. The van der Waals surface area contributed by atoms with E-state index in [9.17, 15) is 14.0 Å². The van der Waals surface area contributed by atoms with Crippen molar-refractivity contribution >= 4 is 39.1 Å². The van der Waals surface area contributed by atoms with Crippen molar-refractivity contribution in [2.75, 3.05) is 23.4 Å². The summed E-state index contributed by atoms with van der Waals surface area (Å²) < 4.78 is 14.0. The van der Waals surface area contributed by atoms with Crippen molar-refractivity contribution in [3.63, 3.8) is 0 Å². The largest absolute Gasteiger partial charge is 0.325 e. The van der Waals surface area contributed by atoms with Gasteiger partial charge in [-0.3, -0.25) is 9.59 Å². The molecule has 154 valence electrons. The number of hydrogen-bond donors (Lipinski definition) is 1. The third kappa shape index (κ3) is 5.42. The maximum atomic E-state index is 13.1. The minimum absolute atomic E-state index is 0.248. The van der Waals surface area contributed by atoms with Crippen LogP contribution in [0, 0.1) is 11.7 Å². The molecule has 7 heteroatoms. The van der Waals surface area contributed by atoms with Crippen molar-refractivity contribution in [3.8, 4) is 0 Å². The van der Waals surface area contributed by atoms with Gasteiger partial charge in [0.1, 0.15) is 11.7 Å². The summed E-state index contributed by atoms with van der Waals surface area (Å²) in [5.41, 5.74) is 1.21. The first-order valence-electron chi connectivity index (χ1n) is 9.90. The van der Waals surface area contributed by atoms with Gasteiger partial charge in [0.15, 0.2) is 0 Å². The number of carbonyl (C=O) groups is 2. The summed E-state index contributed by atoms with van der Waals surface area (Å²) in [6, 6.07) is 13.0. The molecule has 0 aliphatic carbocycles. The zero-order valence-corrected chi connectivity index (χ0v) is 18.0. The fraction of sp³-hybridized carbons (Fsp3) is 0.364. The Hall–Kier alpha value is -2.25. The van der Waals surface area contributed by atoms with Crippen LogP contribution in [0.2, 0.25) is 0 Å². The average Bonchev–Trinajstić information content (AvgIpc) is 3.04. The molecule has 1 atom stereocenters. The van der Waals surface area contributed by atoms with Crippen molar-refractivity contribution < 1.29 is 14.0 Å². The highest BCUT2D eigenvalue weighted by Gasteiger charge is 2.42. The van der Waals surface area contributed by atoms with E-state index in [-0.39, 0.29) is 17.6 Å². The monoisotopic (exact) mass is 461 g/mol. The Labute approximate surface area is 179 Å². The summed E-state index contributed by atoms with van der Waals surface area (Å²) in [4.78, 5) is 25.9. The Morgan fingerprint density at radius 2 is 1.79 bits per heavy atom. The van der Waals surface area contributed by atoms with E-state index in [0.717, 1.165) is 35.8 Å². The van der Waals surface area contributed by atoms with E-state index < -0.39 is 5.92 Å².